The third-order valence-corrected chi connectivity index (χ3v) is 4.12. The molecule has 8 heteroatoms. The lowest BCUT2D eigenvalue weighted by Crippen LogP contribution is -2.58. The topological polar surface area (TPSA) is 119 Å². The number of urea groups is 1. The number of carbonyl (C=O) groups is 3. The fraction of sp³-hybridized carbons (Fsp3) is 0.769. The lowest BCUT2D eigenvalue weighted by Gasteiger charge is -2.41. The van der Waals surface area contributed by atoms with Crippen molar-refractivity contribution in [1.29, 1.82) is 0 Å². The number of piperidine rings is 2. The molecule has 2 saturated heterocycles. The minimum Gasteiger partial charge on any atom is -0.480 e. The van der Waals surface area contributed by atoms with Gasteiger partial charge in [-0.15, -0.1) is 0 Å². The maximum absolute atomic E-state index is 12.1. The standard InChI is InChI=1S/C13H21N3O5/c17-6-4-10(12(19)20)15-13(21)16-5-3-9-8(7-16)1-2-11(18)14-9/h8-10,17H,1-7H2,(H,14,18)(H,15,21)(H,19,20). The molecule has 3 atom stereocenters. The quantitative estimate of drug-likeness (QED) is 0.538. The molecule has 2 fully saturated rings. The summed E-state index contributed by atoms with van der Waals surface area (Å²) >= 11 is 0. The van der Waals surface area contributed by atoms with Crippen LogP contribution in [0.3, 0.4) is 0 Å². The molecule has 3 amide bonds. The van der Waals surface area contributed by atoms with Crippen LogP contribution in [0.15, 0.2) is 0 Å². The molecule has 0 bridgehead atoms. The van der Waals surface area contributed by atoms with Crippen molar-refractivity contribution >= 4 is 17.9 Å². The van der Waals surface area contributed by atoms with Gasteiger partial charge in [-0.05, 0) is 18.8 Å². The summed E-state index contributed by atoms with van der Waals surface area (Å²) in [5.41, 5.74) is 0. The molecule has 2 heterocycles. The van der Waals surface area contributed by atoms with Crippen LogP contribution in [0.25, 0.3) is 0 Å². The lowest BCUT2D eigenvalue weighted by atomic mass is 9.85. The highest BCUT2D eigenvalue weighted by molar-refractivity contribution is 5.82. The summed E-state index contributed by atoms with van der Waals surface area (Å²) in [4.78, 5) is 36.0. The number of nitrogens with one attached hydrogen (secondary N) is 2. The van der Waals surface area contributed by atoms with Gasteiger partial charge in [-0.3, -0.25) is 4.79 Å². The largest absolute Gasteiger partial charge is 0.480 e. The number of rotatable bonds is 4. The number of likely N-dealkylation sites (tertiary alicyclic amines) is 1. The van der Waals surface area contributed by atoms with Gasteiger partial charge >= 0.3 is 12.0 Å². The van der Waals surface area contributed by atoms with Gasteiger partial charge in [0.15, 0.2) is 0 Å². The van der Waals surface area contributed by atoms with E-state index in [4.69, 9.17) is 10.2 Å². The van der Waals surface area contributed by atoms with Crippen LogP contribution in [0.2, 0.25) is 0 Å². The Kier molecular flexibility index (Phi) is 5.00. The van der Waals surface area contributed by atoms with Gasteiger partial charge < -0.3 is 25.7 Å². The van der Waals surface area contributed by atoms with Crippen molar-refractivity contribution in [3.8, 4) is 0 Å². The first-order valence-electron chi connectivity index (χ1n) is 7.19. The highest BCUT2D eigenvalue weighted by Crippen LogP contribution is 2.25. The van der Waals surface area contributed by atoms with Crippen molar-refractivity contribution in [2.45, 2.75) is 37.8 Å². The van der Waals surface area contributed by atoms with Gasteiger partial charge in [0.2, 0.25) is 5.91 Å². The van der Waals surface area contributed by atoms with Gasteiger partial charge in [-0.1, -0.05) is 0 Å². The zero-order valence-electron chi connectivity index (χ0n) is 11.7. The Morgan fingerprint density at radius 1 is 1.43 bits per heavy atom. The first kappa shape index (κ1) is 15.6. The summed E-state index contributed by atoms with van der Waals surface area (Å²) in [6, 6.07) is -1.39. The van der Waals surface area contributed by atoms with Crippen molar-refractivity contribution in [2.75, 3.05) is 19.7 Å². The fourth-order valence-electron chi connectivity index (χ4n) is 2.92. The zero-order chi connectivity index (χ0) is 15.4. The number of aliphatic hydroxyl groups is 1. The summed E-state index contributed by atoms with van der Waals surface area (Å²) in [6.07, 6.45) is 1.89. The average molecular weight is 299 g/mol. The maximum atomic E-state index is 12.1. The predicted molar refractivity (Wildman–Crippen MR) is 72.5 cm³/mol. The highest BCUT2D eigenvalue weighted by Gasteiger charge is 2.36. The second kappa shape index (κ2) is 6.75. The summed E-state index contributed by atoms with van der Waals surface area (Å²) in [5, 5.41) is 23.2. The number of aliphatic carboxylic acids is 1. The van der Waals surface area contributed by atoms with Gasteiger partial charge in [0, 0.05) is 38.6 Å². The summed E-state index contributed by atoms with van der Waals surface area (Å²) < 4.78 is 0. The Morgan fingerprint density at radius 3 is 2.86 bits per heavy atom. The highest BCUT2D eigenvalue weighted by atomic mass is 16.4. The normalized spacial score (nSPS) is 26.5. The number of fused-ring (bicyclic) bond motifs is 1. The molecule has 4 N–H and O–H groups in total. The monoisotopic (exact) mass is 299 g/mol. The van der Waals surface area contributed by atoms with E-state index in [0.29, 0.717) is 25.9 Å². The molecular formula is C13H21N3O5. The second-order valence-corrected chi connectivity index (χ2v) is 5.56. The number of carbonyl (C=O) groups excluding carboxylic acids is 2. The van der Waals surface area contributed by atoms with E-state index in [1.807, 2.05) is 0 Å². The van der Waals surface area contributed by atoms with Crippen LogP contribution in [-0.4, -0.2) is 64.8 Å². The summed E-state index contributed by atoms with van der Waals surface area (Å²) in [7, 11) is 0. The molecule has 0 aliphatic carbocycles. The molecule has 8 nitrogen and oxygen atoms in total. The van der Waals surface area contributed by atoms with Crippen LogP contribution >= 0.6 is 0 Å². The predicted octanol–water partition coefficient (Wildman–Crippen LogP) is -0.868. The van der Waals surface area contributed by atoms with Crippen LogP contribution in [0.1, 0.15) is 25.7 Å². The Labute approximate surface area is 122 Å². The van der Waals surface area contributed by atoms with E-state index in [1.165, 1.54) is 0 Å². The van der Waals surface area contributed by atoms with Crippen LogP contribution in [-0.2, 0) is 9.59 Å². The molecule has 0 aromatic rings. The molecule has 0 aromatic heterocycles. The number of nitrogens with zero attached hydrogens (tertiary/aromatic N) is 1. The molecule has 0 aromatic carbocycles. The fourth-order valence-corrected chi connectivity index (χ4v) is 2.92. The van der Waals surface area contributed by atoms with Gasteiger partial charge in [-0.25, -0.2) is 9.59 Å². The van der Waals surface area contributed by atoms with Gasteiger partial charge in [-0.2, -0.15) is 0 Å². The van der Waals surface area contributed by atoms with E-state index in [1.54, 1.807) is 4.90 Å². The molecule has 0 radical (unpaired) electrons. The zero-order valence-corrected chi connectivity index (χ0v) is 11.7. The van der Waals surface area contributed by atoms with Crippen LogP contribution in [0, 0.1) is 5.92 Å². The first-order chi connectivity index (χ1) is 10.0. The van der Waals surface area contributed by atoms with Crippen LogP contribution in [0.4, 0.5) is 4.79 Å². The van der Waals surface area contributed by atoms with Gasteiger partial charge in [0.25, 0.3) is 0 Å². The van der Waals surface area contributed by atoms with Crippen molar-refractivity contribution in [3.05, 3.63) is 0 Å². The second-order valence-electron chi connectivity index (χ2n) is 5.56. The third-order valence-electron chi connectivity index (χ3n) is 4.12. The van der Waals surface area contributed by atoms with Crippen molar-refractivity contribution in [3.63, 3.8) is 0 Å². The minimum atomic E-state index is -1.16. The summed E-state index contributed by atoms with van der Waals surface area (Å²) in [6.45, 7) is 0.703. The van der Waals surface area contributed by atoms with Gasteiger partial charge in [0.1, 0.15) is 6.04 Å². The molecular weight excluding hydrogens is 278 g/mol. The van der Waals surface area contributed by atoms with Crippen molar-refractivity contribution < 1.29 is 24.6 Å². The van der Waals surface area contributed by atoms with E-state index in [0.717, 1.165) is 6.42 Å². The molecule has 21 heavy (non-hydrogen) atoms. The molecule has 0 saturated carbocycles. The first-order valence-corrected chi connectivity index (χ1v) is 7.19. The van der Waals surface area contributed by atoms with E-state index in [-0.39, 0.29) is 30.9 Å². The third kappa shape index (κ3) is 3.84. The van der Waals surface area contributed by atoms with Crippen molar-refractivity contribution in [2.24, 2.45) is 5.92 Å². The van der Waals surface area contributed by atoms with E-state index in [9.17, 15) is 14.4 Å². The van der Waals surface area contributed by atoms with Crippen LogP contribution < -0.4 is 10.6 Å². The average Bonchev–Trinajstić information content (AvgIpc) is 2.45. The molecule has 2 rings (SSSR count). The number of aliphatic hydroxyl groups excluding tert-OH is 1. The number of carboxylic acid groups (broad SMARTS) is 1. The molecule has 3 unspecified atom stereocenters. The SMILES string of the molecule is O=C1CCC2CN(C(=O)NC(CCO)C(=O)O)CCC2N1. The Balaban J connectivity index is 1.89. The molecule has 0 spiro atoms. The number of hydrogen-bond donors (Lipinski definition) is 4. The Morgan fingerprint density at radius 2 is 2.19 bits per heavy atom. The van der Waals surface area contributed by atoms with E-state index < -0.39 is 18.0 Å². The van der Waals surface area contributed by atoms with Gasteiger partial charge in [0.05, 0.1) is 0 Å². The van der Waals surface area contributed by atoms with Crippen LogP contribution in [0.5, 0.6) is 0 Å². The van der Waals surface area contributed by atoms with E-state index in [2.05, 4.69) is 10.6 Å². The maximum Gasteiger partial charge on any atom is 0.326 e. The molecule has 2 aliphatic rings. The van der Waals surface area contributed by atoms with E-state index >= 15 is 0 Å². The smallest absolute Gasteiger partial charge is 0.326 e. The Bertz CT molecular complexity index is 428. The minimum absolute atomic E-state index is 0.0168. The number of hydrogen-bond acceptors (Lipinski definition) is 4. The van der Waals surface area contributed by atoms with Crippen molar-refractivity contribution in [1.82, 2.24) is 15.5 Å². The lowest BCUT2D eigenvalue weighted by molar-refractivity contribution is -0.139. The molecule has 118 valence electrons. The molecule has 2 aliphatic heterocycles. The number of amides is 3. The summed E-state index contributed by atoms with van der Waals surface area (Å²) in [5.74, 6) is -0.872. The number of carboxylic acids is 1. The Hall–Kier alpha value is -1.83.